The lowest BCUT2D eigenvalue weighted by Gasteiger charge is -2.19. The second-order valence-electron chi connectivity index (χ2n) is 9.03. The second kappa shape index (κ2) is 11.8. The Kier molecular flexibility index (Phi) is 9.74. The molecule has 1 aromatic carbocycles. The molecule has 0 aliphatic carbocycles. The zero-order valence-electron chi connectivity index (χ0n) is 19.4. The van der Waals surface area contributed by atoms with Crippen molar-refractivity contribution < 1.29 is 4.74 Å². The van der Waals surface area contributed by atoms with Crippen LogP contribution >= 0.6 is 24.0 Å². The molecule has 2 heterocycles. The molecule has 31 heavy (non-hydrogen) atoms. The van der Waals surface area contributed by atoms with E-state index in [0.717, 1.165) is 56.6 Å². The van der Waals surface area contributed by atoms with Crippen LogP contribution in [0.3, 0.4) is 0 Å². The predicted molar refractivity (Wildman–Crippen MR) is 136 cm³/mol. The first-order chi connectivity index (χ1) is 14.3. The van der Waals surface area contributed by atoms with E-state index >= 15 is 0 Å². The molecule has 1 unspecified atom stereocenters. The number of hydrogen-bond acceptors (Lipinski definition) is 4. The van der Waals surface area contributed by atoms with Crippen molar-refractivity contribution in [3.05, 3.63) is 47.0 Å². The minimum Gasteiger partial charge on any atom is -0.376 e. The van der Waals surface area contributed by atoms with Gasteiger partial charge in [-0.25, -0.2) is 4.99 Å². The molecule has 0 radical (unpaired) electrons. The van der Waals surface area contributed by atoms with Crippen LogP contribution in [0.1, 0.15) is 56.4 Å². The van der Waals surface area contributed by atoms with Crippen molar-refractivity contribution in [3.8, 4) is 0 Å². The molecule has 0 amide bonds. The van der Waals surface area contributed by atoms with E-state index in [9.17, 15) is 0 Å². The Bertz CT molecular complexity index is 835. The highest BCUT2D eigenvalue weighted by atomic mass is 127. The number of nitrogens with one attached hydrogen (secondary N) is 2. The van der Waals surface area contributed by atoms with Crippen LogP contribution in [0.25, 0.3) is 0 Å². The Hall–Kier alpha value is -1.68. The molecule has 2 N–H and O–H groups in total. The molecule has 8 heteroatoms. The van der Waals surface area contributed by atoms with Crippen LogP contribution in [0.15, 0.2) is 29.3 Å². The summed E-state index contributed by atoms with van der Waals surface area (Å²) in [5.74, 6) is 2.53. The van der Waals surface area contributed by atoms with Crippen molar-refractivity contribution >= 4 is 29.9 Å². The van der Waals surface area contributed by atoms with Gasteiger partial charge in [0, 0.05) is 26.7 Å². The zero-order chi connectivity index (χ0) is 21.6. The normalized spacial score (nSPS) is 16.8. The summed E-state index contributed by atoms with van der Waals surface area (Å²) in [5.41, 5.74) is 2.86. The molecule has 0 spiro atoms. The number of guanidine groups is 1. The van der Waals surface area contributed by atoms with E-state index in [2.05, 4.69) is 65.9 Å². The van der Waals surface area contributed by atoms with Crippen LogP contribution in [0.5, 0.6) is 0 Å². The largest absolute Gasteiger partial charge is 0.376 e. The van der Waals surface area contributed by atoms with Gasteiger partial charge in [0.1, 0.15) is 12.4 Å². The summed E-state index contributed by atoms with van der Waals surface area (Å²) in [4.78, 5) is 4.72. The minimum atomic E-state index is 0. The third-order valence-electron chi connectivity index (χ3n) is 5.61. The quantitative estimate of drug-likeness (QED) is 0.320. The molecule has 1 saturated heterocycles. The van der Waals surface area contributed by atoms with Crippen molar-refractivity contribution in [3.63, 3.8) is 0 Å². The summed E-state index contributed by atoms with van der Waals surface area (Å²) in [6.07, 6.45) is 3.44. The summed E-state index contributed by atoms with van der Waals surface area (Å²) in [5, 5.41) is 15.2. The zero-order valence-corrected chi connectivity index (χ0v) is 21.8. The van der Waals surface area contributed by atoms with Gasteiger partial charge in [0.05, 0.1) is 6.10 Å². The molecule has 1 aliphatic heterocycles. The number of rotatable bonds is 7. The summed E-state index contributed by atoms with van der Waals surface area (Å²) in [7, 11) is 1.97. The number of nitrogens with zero attached hydrogens (tertiary/aromatic N) is 4. The molecule has 7 nitrogen and oxygen atoms in total. The van der Waals surface area contributed by atoms with Gasteiger partial charge < -0.3 is 19.9 Å². The van der Waals surface area contributed by atoms with Gasteiger partial charge in [-0.05, 0) is 42.7 Å². The van der Waals surface area contributed by atoms with Crippen LogP contribution in [0.2, 0.25) is 0 Å². The standard InChI is InChI=1S/C23H36N6O.HI/c1-17-27-28-21(29(17)5)16-26-22(25-15-20-7-6-14-30-20)24-13-12-18-8-10-19(11-9-18)23(2,3)4;/h8-11,20H,6-7,12-16H2,1-5H3,(H2,24,25,26);1H. The van der Waals surface area contributed by atoms with Gasteiger partial charge in [-0.3, -0.25) is 0 Å². The lowest BCUT2D eigenvalue weighted by Crippen LogP contribution is -2.42. The number of ether oxygens (including phenoxy) is 1. The molecule has 0 bridgehead atoms. The number of hydrogen-bond donors (Lipinski definition) is 2. The predicted octanol–water partition coefficient (Wildman–Crippen LogP) is 3.50. The fourth-order valence-electron chi connectivity index (χ4n) is 3.43. The third kappa shape index (κ3) is 7.75. The van der Waals surface area contributed by atoms with Crippen LogP contribution in [-0.2, 0) is 30.2 Å². The minimum absolute atomic E-state index is 0. The molecule has 1 fully saturated rings. The molecular weight excluding hydrogens is 503 g/mol. The highest BCUT2D eigenvalue weighted by molar-refractivity contribution is 14.0. The number of benzene rings is 1. The number of halogens is 1. The Morgan fingerprint density at radius 2 is 1.94 bits per heavy atom. The maximum Gasteiger partial charge on any atom is 0.191 e. The molecule has 172 valence electrons. The van der Waals surface area contributed by atoms with E-state index in [1.54, 1.807) is 0 Å². The smallest absolute Gasteiger partial charge is 0.191 e. The number of aromatic nitrogens is 3. The van der Waals surface area contributed by atoms with Crippen molar-refractivity contribution in [2.75, 3.05) is 19.7 Å². The second-order valence-corrected chi connectivity index (χ2v) is 9.03. The highest BCUT2D eigenvalue weighted by Crippen LogP contribution is 2.22. The van der Waals surface area contributed by atoms with E-state index in [-0.39, 0.29) is 35.5 Å². The first kappa shape index (κ1) is 25.6. The monoisotopic (exact) mass is 540 g/mol. The van der Waals surface area contributed by atoms with Crippen LogP contribution in [0, 0.1) is 6.92 Å². The first-order valence-electron chi connectivity index (χ1n) is 10.9. The van der Waals surface area contributed by atoms with E-state index < -0.39 is 0 Å². The van der Waals surface area contributed by atoms with Gasteiger partial charge in [-0.2, -0.15) is 0 Å². The van der Waals surface area contributed by atoms with Gasteiger partial charge in [0.15, 0.2) is 11.8 Å². The average Bonchev–Trinajstić information content (AvgIpc) is 3.34. The Labute approximate surface area is 203 Å². The molecule has 0 saturated carbocycles. The maximum atomic E-state index is 5.73. The van der Waals surface area contributed by atoms with E-state index in [4.69, 9.17) is 9.73 Å². The van der Waals surface area contributed by atoms with Crippen molar-refractivity contribution in [2.45, 2.75) is 65.0 Å². The molecule has 2 aromatic rings. The SMILES string of the molecule is Cc1nnc(CN=C(NCCc2ccc(C(C)(C)C)cc2)NCC2CCCO2)n1C.I. The van der Waals surface area contributed by atoms with E-state index in [1.165, 1.54) is 11.1 Å². The number of aryl methyl sites for hydroxylation is 1. The van der Waals surface area contributed by atoms with E-state index in [1.807, 2.05) is 18.5 Å². The van der Waals surface area contributed by atoms with Crippen molar-refractivity contribution in [2.24, 2.45) is 12.0 Å². The molecule has 1 aliphatic rings. The van der Waals surface area contributed by atoms with Gasteiger partial charge in [-0.15, -0.1) is 34.2 Å². The van der Waals surface area contributed by atoms with Gasteiger partial charge in [-0.1, -0.05) is 45.0 Å². The number of aliphatic imine (C=N–C) groups is 1. The Morgan fingerprint density at radius 3 is 2.52 bits per heavy atom. The van der Waals surface area contributed by atoms with Gasteiger partial charge in [0.2, 0.25) is 0 Å². The fourth-order valence-corrected chi connectivity index (χ4v) is 3.43. The molecule has 1 aromatic heterocycles. The summed E-state index contributed by atoms with van der Waals surface area (Å²) in [6, 6.07) is 8.91. The lowest BCUT2D eigenvalue weighted by atomic mass is 9.86. The highest BCUT2D eigenvalue weighted by Gasteiger charge is 2.16. The third-order valence-corrected chi connectivity index (χ3v) is 5.61. The Balaban J connectivity index is 0.00000341. The molecule has 1 atom stereocenters. The lowest BCUT2D eigenvalue weighted by molar-refractivity contribution is 0.114. The fraction of sp³-hybridized carbons (Fsp3) is 0.609. The summed E-state index contributed by atoms with van der Waals surface area (Å²) >= 11 is 0. The topological polar surface area (TPSA) is 76.4 Å². The van der Waals surface area contributed by atoms with Gasteiger partial charge >= 0.3 is 0 Å². The van der Waals surface area contributed by atoms with Crippen molar-refractivity contribution in [1.82, 2.24) is 25.4 Å². The van der Waals surface area contributed by atoms with Crippen LogP contribution in [0.4, 0.5) is 0 Å². The Morgan fingerprint density at radius 1 is 1.19 bits per heavy atom. The van der Waals surface area contributed by atoms with E-state index in [0.29, 0.717) is 6.54 Å². The summed E-state index contributed by atoms with van der Waals surface area (Å²) in [6.45, 7) is 11.6. The van der Waals surface area contributed by atoms with Gasteiger partial charge in [0.25, 0.3) is 0 Å². The van der Waals surface area contributed by atoms with Crippen LogP contribution in [-0.4, -0.2) is 46.5 Å². The molecular formula is C23H37IN6O. The van der Waals surface area contributed by atoms with Crippen molar-refractivity contribution in [1.29, 1.82) is 0 Å². The van der Waals surface area contributed by atoms with Crippen LogP contribution < -0.4 is 10.6 Å². The maximum absolute atomic E-state index is 5.73. The first-order valence-corrected chi connectivity index (χ1v) is 10.9. The summed E-state index contributed by atoms with van der Waals surface area (Å²) < 4.78 is 7.70. The molecule has 3 rings (SSSR count). The average molecular weight is 540 g/mol.